The van der Waals surface area contributed by atoms with Crippen molar-refractivity contribution in [1.29, 1.82) is 0 Å². The number of hydrogen-bond acceptors (Lipinski definition) is 2. The Bertz CT molecular complexity index is 863. The van der Waals surface area contributed by atoms with Gasteiger partial charge in [0.25, 0.3) is 5.91 Å². The van der Waals surface area contributed by atoms with E-state index in [4.69, 9.17) is 11.6 Å². The van der Waals surface area contributed by atoms with Gasteiger partial charge in [0.05, 0.1) is 0 Å². The molecule has 1 aliphatic carbocycles. The Morgan fingerprint density at radius 2 is 1.57 bits per heavy atom. The fraction of sp³-hybridized carbons (Fsp3) is 0.417. The van der Waals surface area contributed by atoms with E-state index >= 15 is 0 Å². The number of aryl methyl sites for hydroxylation is 1. The molecule has 1 fully saturated rings. The lowest BCUT2D eigenvalue weighted by molar-refractivity contribution is 0.0941. The predicted octanol–water partition coefficient (Wildman–Crippen LogP) is 4.68. The molecule has 6 heteroatoms. The van der Waals surface area contributed by atoms with Crippen LogP contribution in [0.2, 0.25) is 5.02 Å². The predicted molar refractivity (Wildman–Crippen MR) is 121 cm³/mol. The van der Waals surface area contributed by atoms with E-state index in [-0.39, 0.29) is 11.9 Å². The monoisotopic (exact) mass is 427 g/mol. The maximum atomic E-state index is 12.3. The summed E-state index contributed by atoms with van der Waals surface area (Å²) in [5.74, 6) is 0.988. The minimum absolute atomic E-state index is 0.00215. The van der Waals surface area contributed by atoms with E-state index in [0.29, 0.717) is 36.5 Å². The molecule has 2 aromatic carbocycles. The van der Waals surface area contributed by atoms with Crippen LogP contribution in [0.1, 0.15) is 47.2 Å². The van der Waals surface area contributed by atoms with E-state index in [9.17, 15) is 9.59 Å². The van der Waals surface area contributed by atoms with Crippen molar-refractivity contribution in [2.75, 3.05) is 13.1 Å². The van der Waals surface area contributed by atoms with Crippen molar-refractivity contribution >= 4 is 23.5 Å². The van der Waals surface area contributed by atoms with Gasteiger partial charge < -0.3 is 16.0 Å². The molecule has 0 aromatic heterocycles. The Morgan fingerprint density at radius 3 is 2.23 bits per heavy atom. The number of halogens is 1. The fourth-order valence-electron chi connectivity index (χ4n) is 3.88. The highest BCUT2D eigenvalue weighted by Gasteiger charge is 2.22. The van der Waals surface area contributed by atoms with Crippen molar-refractivity contribution in [1.82, 2.24) is 16.0 Å². The van der Waals surface area contributed by atoms with Crippen LogP contribution in [-0.4, -0.2) is 25.0 Å². The van der Waals surface area contributed by atoms with Gasteiger partial charge in [-0.05, 0) is 68.2 Å². The third kappa shape index (κ3) is 6.77. The lowest BCUT2D eigenvalue weighted by atomic mass is 9.82. The smallest absolute Gasteiger partial charge is 0.315 e. The first kappa shape index (κ1) is 22.2. The Kier molecular flexibility index (Phi) is 8.14. The molecule has 0 saturated heterocycles. The maximum Gasteiger partial charge on any atom is 0.315 e. The molecule has 3 rings (SSSR count). The molecule has 30 heavy (non-hydrogen) atoms. The molecule has 2 aromatic rings. The molecule has 0 aliphatic heterocycles. The van der Waals surface area contributed by atoms with Gasteiger partial charge in [0.2, 0.25) is 0 Å². The minimum atomic E-state index is -0.164. The first-order valence-corrected chi connectivity index (χ1v) is 11.0. The van der Waals surface area contributed by atoms with Crippen molar-refractivity contribution in [3.8, 4) is 0 Å². The molecule has 3 amide bonds. The van der Waals surface area contributed by atoms with Crippen LogP contribution < -0.4 is 16.0 Å². The van der Waals surface area contributed by atoms with Crippen molar-refractivity contribution in [3.05, 3.63) is 70.2 Å². The average Bonchev–Trinajstić information content (AvgIpc) is 2.76. The summed E-state index contributed by atoms with van der Waals surface area (Å²) >= 11 is 6.11. The van der Waals surface area contributed by atoms with Crippen molar-refractivity contribution in [2.45, 2.75) is 39.2 Å². The fourth-order valence-corrected chi connectivity index (χ4v) is 4.08. The number of benzene rings is 2. The molecule has 160 valence electrons. The van der Waals surface area contributed by atoms with E-state index in [1.54, 1.807) is 0 Å². The molecular formula is C24H30ClN3O2. The van der Waals surface area contributed by atoms with Gasteiger partial charge in [0, 0.05) is 30.2 Å². The second-order valence-corrected chi connectivity index (χ2v) is 8.53. The number of carbonyl (C=O) groups is 2. The van der Waals surface area contributed by atoms with E-state index in [1.165, 1.54) is 0 Å². The molecule has 0 heterocycles. The van der Waals surface area contributed by atoms with E-state index < -0.39 is 0 Å². The summed E-state index contributed by atoms with van der Waals surface area (Å²) in [6.07, 6.45) is 4.27. The summed E-state index contributed by atoms with van der Waals surface area (Å²) in [5, 5.41) is 9.56. The molecule has 0 spiro atoms. The van der Waals surface area contributed by atoms with Gasteiger partial charge in [-0.15, -0.1) is 0 Å². The number of amides is 3. The van der Waals surface area contributed by atoms with E-state index in [2.05, 4.69) is 16.0 Å². The summed E-state index contributed by atoms with van der Waals surface area (Å²) in [6, 6.07) is 15.0. The zero-order valence-electron chi connectivity index (χ0n) is 17.4. The van der Waals surface area contributed by atoms with Gasteiger partial charge in [-0.2, -0.15) is 0 Å². The second-order valence-electron chi connectivity index (χ2n) is 8.12. The third-order valence-electron chi connectivity index (χ3n) is 5.75. The molecule has 5 nitrogen and oxygen atoms in total. The lowest BCUT2D eigenvalue weighted by Crippen LogP contribution is -2.39. The Balaban J connectivity index is 1.31. The molecular weight excluding hydrogens is 398 g/mol. The van der Waals surface area contributed by atoms with Crippen molar-refractivity contribution in [2.24, 2.45) is 11.8 Å². The summed E-state index contributed by atoms with van der Waals surface area (Å²) in [6.45, 7) is 3.80. The van der Waals surface area contributed by atoms with Gasteiger partial charge in [0.15, 0.2) is 0 Å². The molecule has 3 N–H and O–H groups in total. The molecule has 1 aliphatic rings. The van der Waals surface area contributed by atoms with E-state index in [1.807, 2.05) is 55.5 Å². The van der Waals surface area contributed by atoms with Gasteiger partial charge in [-0.25, -0.2) is 4.79 Å². The topological polar surface area (TPSA) is 70.2 Å². The van der Waals surface area contributed by atoms with Crippen LogP contribution in [0.25, 0.3) is 0 Å². The average molecular weight is 428 g/mol. The van der Waals surface area contributed by atoms with Gasteiger partial charge in [-0.3, -0.25) is 4.79 Å². The standard InChI is InChI=1S/C24H30ClN3O2/c1-17-5-4-7-20(13-17)23(29)26-14-18-9-11-19(12-10-18)15-27-24(30)28-16-21-6-2-3-8-22(21)25/h2-8,13,18-19H,9-12,14-16H2,1H3,(H,26,29)(H2,27,28,30). The van der Waals surface area contributed by atoms with Crippen LogP contribution >= 0.6 is 11.6 Å². The highest BCUT2D eigenvalue weighted by Crippen LogP contribution is 2.28. The number of rotatable bonds is 7. The number of urea groups is 1. The quantitative estimate of drug-likeness (QED) is 0.600. The minimum Gasteiger partial charge on any atom is -0.352 e. The first-order valence-electron chi connectivity index (χ1n) is 10.6. The molecule has 1 saturated carbocycles. The van der Waals surface area contributed by atoms with Crippen LogP contribution in [-0.2, 0) is 6.54 Å². The largest absolute Gasteiger partial charge is 0.352 e. The van der Waals surface area contributed by atoms with Crippen LogP contribution in [0.15, 0.2) is 48.5 Å². The Morgan fingerprint density at radius 1 is 0.900 bits per heavy atom. The molecule has 0 bridgehead atoms. The van der Waals surface area contributed by atoms with Crippen molar-refractivity contribution in [3.63, 3.8) is 0 Å². The highest BCUT2D eigenvalue weighted by atomic mass is 35.5. The van der Waals surface area contributed by atoms with Gasteiger partial charge in [0.1, 0.15) is 0 Å². The maximum absolute atomic E-state index is 12.3. The Labute approximate surface area is 183 Å². The van der Waals surface area contributed by atoms with Crippen LogP contribution in [0.4, 0.5) is 4.79 Å². The summed E-state index contributed by atoms with van der Waals surface area (Å²) in [5.41, 5.74) is 2.71. The first-order chi connectivity index (χ1) is 14.5. The summed E-state index contributed by atoms with van der Waals surface area (Å²) in [4.78, 5) is 24.4. The van der Waals surface area contributed by atoms with Crippen molar-refractivity contribution < 1.29 is 9.59 Å². The normalized spacial score (nSPS) is 18.5. The van der Waals surface area contributed by atoms with Gasteiger partial charge >= 0.3 is 6.03 Å². The van der Waals surface area contributed by atoms with Crippen LogP contribution in [0, 0.1) is 18.8 Å². The molecule has 0 radical (unpaired) electrons. The van der Waals surface area contributed by atoms with E-state index in [0.717, 1.165) is 42.4 Å². The lowest BCUT2D eigenvalue weighted by Gasteiger charge is -2.28. The number of nitrogens with one attached hydrogen (secondary N) is 3. The highest BCUT2D eigenvalue weighted by molar-refractivity contribution is 6.31. The number of carbonyl (C=O) groups excluding carboxylic acids is 2. The van der Waals surface area contributed by atoms with Gasteiger partial charge in [-0.1, -0.05) is 47.5 Å². The molecule has 0 unspecified atom stereocenters. The Hall–Kier alpha value is -2.53. The van der Waals surface area contributed by atoms with Crippen LogP contribution in [0.3, 0.4) is 0 Å². The summed E-state index contributed by atoms with van der Waals surface area (Å²) < 4.78 is 0. The SMILES string of the molecule is Cc1cccc(C(=O)NCC2CCC(CNC(=O)NCc3ccccc3Cl)CC2)c1. The molecule has 0 atom stereocenters. The van der Waals surface area contributed by atoms with Crippen LogP contribution in [0.5, 0.6) is 0 Å². The zero-order valence-corrected chi connectivity index (χ0v) is 18.2. The second kappa shape index (κ2) is 11.0. The third-order valence-corrected chi connectivity index (χ3v) is 6.12. The zero-order chi connectivity index (χ0) is 21.3. The summed E-state index contributed by atoms with van der Waals surface area (Å²) in [7, 11) is 0. The number of hydrogen-bond donors (Lipinski definition) is 3.